The number of amides is 1. The van der Waals surface area contributed by atoms with E-state index in [4.69, 9.17) is 11.6 Å². The van der Waals surface area contributed by atoms with E-state index < -0.39 is 0 Å². The molecule has 6 heteroatoms. The van der Waals surface area contributed by atoms with Gasteiger partial charge in [-0.1, -0.05) is 47.5 Å². The highest BCUT2D eigenvalue weighted by Crippen LogP contribution is 2.22. The third-order valence-electron chi connectivity index (χ3n) is 3.92. The first-order valence-corrected chi connectivity index (χ1v) is 8.58. The average molecular weight is 367 g/mol. The minimum atomic E-state index is -0.252. The number of rotatable bonds is 5. The van der Waals surface area contributed by atoms with Crippen LogP contribution in [0.5, 0.6) is 0 Å². The van der Waals surface area contributed by atoms with Crippen LogP contribution in [-0.4, -0.2) is 15.9 Å². The predicted octanol–water partition coefficient (Wildman–Crippen LogP) is 4.42. The van der Waals surface area contributed by atoms with E-state index in [0.29, 0.717) is 23.1 Å². The van der Waals surface area contributed by atoms with Crippen LogP contribution in [0.2, 0.25) is 5.02 Å². The highest BCUT2D eigenvalue weighted by molar-refractivity contribution is 6.31. The average Bonchev–Trinajstić information content (AvgIpc) is 2.64. The van der Waals surface area contributed by atoms with Gasteiger partial charge in [-0.05, 0) is 37.1 Å². The molecule has 0 atom stereocenters. The molecule has 1 amide bonds. The third kappa shape index (κ3) is 4.58. The lowest BCUT2D eigenvalue weighted by molar-refractivity contribution is 0.0946. The maximum Gasteiger partial charge on any atom is 0.270 e. The second-order valence-electron chi connectivity index (χ2n) is 6.05. The topological polar surface area (TPSA) is 66.9 Å². The number of halogens is 1. The molecule has 26 heavy (non-hydrogen) atoms. The van der Waals surface area contributed by atoms with Crippen LogP contribution in [-0.2, 0) is 6.54 Å². The zero-order valence-corrected chi connectivity index (χ0v) is 15.3. The van der Waals surface area contributed by atoms with E-state index in [1.807, 2.05) is 56.3 Å². The zero-order valence-electron chi connectivity index (χ0n) is 14.6. The van der Waals surface area contributed by atoms with Gasteiger partial charge in [-0.25, -0.2) is 9.97 Å². The molecule has 0 unspecified atom stereocenters. The molecule has 0 fully saturated rings. The van der Waals surface area contributed by atoms with E-state index in [0.717, 1.165) is 16.8 Å². The van der Waals surface area contributed by atoms with E-state index >= 15 is 0 Å². The number of carbonyl (C=O) groups excluding carboxylic acids is 1. The highest BCUT2D eigenvalue weighted by atomic mass is 35.5. The monoisotopic (exact) mass is 366 g/mol. The Bertz CT molecular complexity index is 925. The highest BCUT2D eigenvalue weighted by Gasteiger charge is 2.09. The van der Waals surface area contributed by atoms with Gasteiger partial charge in [-0.2, -0.15) is 0 Å². The summed E-state index contributed by atoms with van der Waals surface area (Å²) in [6.07, 6.45) is 1.36. The summed E-state index contributed by atoms with van der Waals surface area (Å²) in [5, 5.41) is 6.66. The molecule has 132 valence electrons. The first-order chi connectivity index (χ1) is 12.5. The fourth-order valence-electron chi connectivity index (χ4n) is 2.35. The second kappa shape index (κ2) is 7.97. The largest absolute Gasteiger partial charge is 0.347 e. The standard InChI is InChI=1S/C20H19ClN4O/c1-13-3-6-15(7-4-13)11-22-20(26)18-10-19(24-12-23-18)25-16-8-5-14(2)17(21)9-16/h3-10,12H,11H2,1-2H3,(H,22,26)(H,23,24,25). The Morgan fingerprint density at radius 2 is 1.81 bits per heavy atom. The van der Waals surface area contributed by atoms with Crippen molar-refractivity contribution in [1.82, 2.24) is 15.3 Å². The smallest absolute Gasteiger partial charge is 0.270 e. The second-order valence-corrected chi connectivity index (χ2v) is 6.45. The van der Waals surface area contributed by atoms with Gasteiger partial charge < -0.3 is 10.6 Å². The Kier molecular flexibility index (Phi) is 5.49. The summed E-state index contributed by atoms with van der Waals surface area (Å²) in [6.45, 7) is 4.41. The zero-order chi connectivity index (χ0) is 18.5. The van der Waals surface area contributed by atoms with Crippen molar-refractivity contribution < 1.29 is 4.79 Å². The van der Waals surface area contributed by atoms with Gasteiger partial charge in [0.1, 0.15) is 17.8 Å². The van der Waals surface area contributed by atoms with Gasteiger partial charge in [-0.15, -0.1) is 0 Å². The quantitative estimate of drug-likeness (QED) is 0.701. The first kappa shape index (κ1) is 17.9. The van der Waals surface area contributed by atoms with Crippen LogP contribution in [0.4, 0.5) is 11.5 Å². The van der Waals surface area contributed by atoms with Gasteiger partial charge in [0, 0.05) is 23.3 Å². The Hall–Kier alpha value is -2.92. The summed E-state index contributed by atoms with van der Waals surface area (Å²) >= 11 is 6.13. The van der Waals surface area contributed by atoms with E-state index in [1.165, 1.54) is 11.9 Å². The van der Waals surface area contributed by atoms with Gasteiger partial charge in [0.25, 0.3) is 5.91 Å². The number of aryl methyl sites for hydroxylation is 2. The maximum atomic E-state index is 12.3. The molecule has 1 aromatic heterocycles. The Labute approximate surface area is 157 Å². The Balaban J connectivity index is 1.66. The number of nitrogens with zero attached hydrogens (tertiary/aromatic N) is 2. The number of benzene rings is 2. The molecule has 3 aromatic rings. The molecule has 0 spiro atoms. The van der Waals surface area contributed by atoms with Crippen molar-refractivity contribution in [3.05, 3.63) is 82.3 Å². The molecule has 0 bridgehead atoms. The van der Waals surface area contributed by atoms with Crippen LogP contribution >= 0.6 is 11.6 Å². The predicted molar refractivity (Wildman–Crippen MR) is 104 cm³/mol. The molecule has 2 aromatic carbocycles. The summed E-state index contributed by atoms with van der Waals surface area (Å²) in [7, 11) is 0. The number of hydrogen-bond acceptors (Lipinski definition) is 4. The SMILES string of the molecule is Cc1ccc(CNC(=O)c2cc(Nc3ccc(C)c(Cl)c3)ncn2)cc1. The molecule has 0 aliphatic heterocycles. The summed E-state index contributed by atoms with van der Waals surface area (Å²) in [4.78, 5) is 20.5. The lowest BCUT2D eigenvalue weighted by Gasteiger charge is -2.09. The summed E-state index contributed by atoms with van der Waals surface area (Å²) in [6, 6.07) is 15.3. The van der Waals surface area contributed by atoms with E-state index in [9.17, 15) is 4.79 Å². The van der Waals surface area contributed by atoms with Crippen molar-refractivity contribution >= 4 is 29.0 Å². The minimum absolute atomic E-state index is 0.252. The fourth-order valence-corrected chi connectivity index (χ4v) is 2.53. The van der Waals surface area contributed by atoms with Crippen LogP contribution in [0.3, 0.4) is 0 Å². The van der Waals surface area contributed by atoms with Crippen molar-refractivity contribution in [2.75, 3.05) is 5.32 Å². The molecule has 0 saturated carbocycles. The van der Waals surface area contributed by atoms with Crippen molar-refractivity contribution in [3.8, 4) is 0 Å². The van der Waals surface area contributed by atoms with E-state index in [2.05, 4.69) is 20.6 Å². The molecule has 0 radical (unpaired) electrons. The minimum Gasteiger partial charge on any atom is -0.347 e. The van der Waals surface area contributed by atoms with E-state index in [1.54, 1.807) is 6.07 Å². The van der Waals surface area contributed by atoms with Crippen LogP contribution in [0.1, 0.15) is 27.2 Å². The molecular weight excluding hydrogens is 348 g/mol. The molecule has 3 rings (SSSR count). The van der Waals surface area contributed by atoms with Gasteiger partial charge >= 0.3 is 0 Å². The summed E-state index contributed by atoms with van der Waals surface area (Å²) in [5.41, 5.74) is 4.31. The molecular formula is C20H19ClN4O. The number of carbonyl (C=O) groups is 1. The number of anilines is 2. The Morgan fingerprint density at radius 3 is 2.54 bits per heavy atom. The summed E-state index contributed by atoms with van der Waals surface area (Å²) in [5.74, 6) is 0.276. The number of nitrogens with one attached hydrogen (secondary N) is 2. The molecule has 2 N–H and O–H groups in total. The Morgan fingerprint density at radius 1 is 1.04 bits per heavy atom. The van der Waals surface area contributed by atoms with Gasteiger partial charge in [0.2, 0.25) is 0 Å². The van der Waals surface area contributed by atoms with E-state index in [-0.39, 0.29) is 5.91 Å². The fraction of sp³-hybridized carbons (Fsp3) is 0.150. The van der Waals surface area contributed by atoms with Gasteiger partial charge in [0.15, 0.2) is 0 Å². The van der Waals surface area contributed by atoms with Crippen molar-refractivity contribution in [1.29, 1.82) is 0 Å². The first-order valence-electron chi connectivity index (χ1n) is 8.20. The molecule has 0 saturated heterocycles. The third-order valence-corrected chi connectivity index (χ3v) is 4.32. The maximum absolute atomic E-state index is 12.3. The van der Waals surface area contributed by atoms with Crippen LogP contribution < -0.4 is 10.6 Å². The van der Waals surface area contributed by atoms with Gasteiger partial charge in [0.05, 0.1) is 0 Å². The van der Waals surface area contributed by atoms with Crippen LogP contribution in [0, 0.1) is 13.8 Å². The lowest BCUT2D eigenvalue weighted by atomic mass is 10.1. The molecule has 5 nitrogen and oxygen atoms in total. The normalized spacial score (nSPS) is 10.4. The lowest BCUT2D eigenvalue weighted by Crippen LogP contribution is -2.24. The van der Waals surface area contributed by atoms with Crippen molar-refractivity contribution in [3.63, 3.8) is 0 Å². The van der Waals surface area contributed by atoms with Gasteiger partial charge in [-0.3, -0.25) is 4.79 Å². The van der Waals surface area contributed by atoms with Crippen LogP contribution in [0.25, 0.3) is 0 Å². The number of aromatic nitrogens is 2. The van der Waals surface area contributed by atoms with Crippen molar-refractivity contribution in [2.45, 2.75) is 20.4 Å². The molecule has 1 heterocycles. The summed E-state index contributed by atoms with van der Waals surface area (Å²) < 4.78 is 0. The molecule has 0 aliphatic rings. The van der Waals surface area contributed by atoms with Crippen molar-refractivity contribution in [2.24, 2.45) is 0 Å². The number of hydrogen-bond donors (Lipinski definition) is 2. The molecule has 0 aliphatic carbocycles. The van der Waals surface area contributed by atoms with Crippen LogP contribution in [0.15, 0.2) is 54.9 Å².